The molecule has 0 aliphatic rings. The molecule has 4 nitrogen and oxygen atoms in total. The minimum absolute atomic E-state index is 0.294. The molecule has 1 atom stereocenters. The molecule has 0 spiro atoms. The maximum Gasteiger partial charge on any atom is 0.0587 e. The number of ether oxygens (including phenoxy) is 1. The fourth-order valence-corrected chi connectivity index (χ4v) is 1.15. The van der Waals surface area contributed by atoms with E-state index in [9.17, 15) is 0 Å². The van der Waals surface area contributed by atoms with Crippen LogP contribution in [0.4, 0.5) is 0 Å². The average Bonchev–Trinajstić information content (AvgIpc) is 2.19. The van der Waals surface area contributed by atoms with Gasteiger partial charge in [-0.1, -0.05) is 0 Å². The summed E-state index contributed by atoms with van der Waals surface area (Å²) in [6, 6.07) is 0.477. The zero-order valence-electron chi connectivity index (χ0n) is 9.38. The lowest BCUT2D eigenvalue weighted by Crippen LogP contribution is -2.37. The van der Waals surface area contributed by atoms with Gasteiger partial charge < -0.3 is 20.5 Å². The molecule has 0 amide bonds. The van der Waals surface area contributed by atoms with Crippen molar-refractivity contribution in [2.45, 2.75) is 25.8 Å². The first-order valence-electron chi connectivity index (χ1n) is 5.35. The third kappa shape index (κ3) is 9.92. The number of hydrogen-bond donors (Lipinski definition) is 3. The normalized spacial score (nSPS) is 13.1. The number of hydrogen-bond acceptors (Lipinski definition) is 4. The van der Waals surface area contributed by atoms with E-state index >= 15 is 0 Å². The van der Waals surface area contributed by atoms with E-state index in [0.29, 0.717) is 12.6 Å². The zero-order chi connectivity index (χ0) is 10.6. The molecule has 14 heavy (non-hydrogen) atoms. The van der Waals surface area contributed by atoms with E-state index in [4.69, 9.17) is 9.84 Å². The van der Waals surface area contributed by atoms with Gasteiger partial charge in [0.05, 0.1) is 6.61 Å². The molecule has 0 rings (SSSR count). The molecule has 4 heteroatoms. The molecule has 86 valence electrons. The van der Waals surface area contributed by atoms with Gasteiger partial charge in [-0.25, -0.2) is 0 Å². The summed E-state index contributed by atoms with van der Waals surface area (Å²) in [6.07, 6.45) is 1.93. The third-order valence-electron chi connectivity index (χ3n) is 2.01. The monoisotopic (exact) mass is 204 g/mol. The summed E-state index contributed by atoms with van der Waals surface area (Å²) < 4.78 is 4.93. The highest BCUT2D eigenvalue weighted by atomic mass is 16.5. The van der Waals surface area contributed by atoms with Crippen molar-refractivity contribution in [2.75, 3.05) is 40.0 Å². The Morgan fingerprint density at radius 1 is 1.29 bits per heavy atom. The van der Waals surface area contributed by atoms with Crippen LogP contribution in [0, 0.1) is 0 Å². The highest BCUT2D eigenvalue weighted by molar-refractivity contribution is 4.63. The van der Waals surface area contributed by atoms with Gasteiger partial charge >= 0.3 is 0 Å². The molecule has 0 heterocycles. The lowest BCUT2D eigenvalue weighted by atomic mass is 10.3. The van der Waals surface area contributed by atoms with Crippen LogP contribution in [0.5, 0.6) is 0 Å². The van der Waals surface area contributed by atoms with Crippen molar-refractivity contribution in [2.24, 2.45) is 0 Å². The van der Waals surface area contributed by atoms with E-state index in [0.717, 1.165) is 39.1 Å². The van der Waals surface area contributed by atoms with Gasteiger partial charge in [0.25, 0.3) is 0 Å². The Labute approximate surface area is 87.0 Å². The van der Waals surface area contributed by atoms with E-state index in [1.165, 1.54) is 0 Å². The van der Waals surface area contributed by atoms with Gasteiger partial charge in [0.2, 0.25) is 0 Å². The predicted octanol–water partition coefficient (Wildman–Crippen LogP) is -0.0270. The maximum atomic E-state index is 8.58. The second kappa shape index (κ2) is 10.9. The highest BCUT2D eigenvalue weighted by Crippen LogP contribution is 1.86. The Morgan fingerprint density at radius 3 is 2.71 bits per heavy atom. The second-order valence-corrected chi connectivity index (χ2v) is 3.48. The molecule has 1 unspecified atom stereocenters. The second-order valence-electron chi connectivity index (χ2n) is 3.48. The first-order chi connectivity index (χ1) is 6.81. The van der Waals surface area contributed by atoms with Gasteiger partial charge in [-0.05, 0) is 26.3 Å². The van der Waals surface area contributed by atoms with Crippen LogP contribution < -0.4 is 10.6 Å². The van der Waals surface area contributed by atoms with Crippen LogP contribution in [0.1, 0.15) is 19.8 Å². The lowest BCUT2D eigenvalue weighted by molar-refractivity contribution is 0.198. The third-order valence-corrected chi connectivity index (χ3v) is 2.01. The topological polar surface area (TPSA) is 53.5 Å². The molecule has 0 aromatic heterocycles. The molecular formula is C10H24N2O2. The Morgan fingerprint density at radius 2 is 2.07 bits per heavy atom. The van der Waals surface area contributed by atoms with Gasteiger partial charge in [0.15, 0.2) is 0 Å². The molecule has 0 bridgehead atoms. The molecule has 0 aromatic rings. The molecule has 0 radical (unpaired) electrons. The van der Waals surface area contributed by atoms with Gasteiger partial charge in [-0.15, -0.1) is 0 Å². The van der Waals surface area contributed by atoms with Crippen LogP contribution in [0.15, 0.2) is 0 Å². The van der Waals surface area contributed by atoms with Crippen LogP contribution in [0.3, 0.4) is 0 Å². The number of aliphatic hydroxyl groups excluding tert-OH is 1. The van der Waals surface area contributed by atoms with Gasteiger partial charge in [-0.3, -0.25) is 0 Å². The number of methoxy groups -OCH3 is 1. The number of unbranched alkanes of at least 4 members (excludes halogenated alkanes) is 1. The molecule has 0 aromatic carbocycles. The van der Waals surface area contributed by atoms with Crippen LogP contribution in [0.2, 0.25) is 0 Å². The smallest absolute Gasteiger partial charge is 0.0587 e. The Balaban J connectivity index is 3.07. The largest absolute Gasteiger partial charge is 0.396 e. The number of rotatable bonds is 10. The highest BCUT2D eigenvalue weighted by Gasteiger charge is 1.98. The van der Waals surface area contributed by atoms with Gasteiger partial charge in [0.1, 0.15) is 0 Å². The summed E-state index contributed by atoms with van der Waals surface area (Å²) in [5.41, 5.74) is 0. The standard InChI is InChI=1S/C10H24N2O2/c1-10(9-11-6-8-14-2)12-5-3-4-7-13/h10-13H,3-9H2,1-2H3. The van der Waals surface area contributed by atoms with Gasteiger partial charge in [0, 0.05) is 32.8 Å². The molecule has 0 saturated carbocycles. The summed E-state index contributed by atoms with van der Waals surface area (Å²) >= 11 is 0. The van der Waals surface area contributed by atoms with Crippen LogP contribution >= 0.6 is 0 Å². The summed E-state index contributed by atoms with van der Waals surface area (Å²) in [6.45, 7) is 6.05. The first-order valence-corrected chi connectivity index (χ1v) is 5.35. The first kappa shape index (κ1) is 13.8. The zero-order valence-corrected chi connectivity index (χ0v) is 9.38. The number of nitrogens with one attached hydrogen (secondary N) is 2. The van der Waals surface area contributed by atoms with Crippen molar-refractivity contribution in [1.29, 1.82) is 0 Å². The fourth-order valence-electron chi connectivity index (χ4n) is 1.15. The Kier molecular flexibility index (Phi) is 10.8. The molecule has 0 saturated heterocycles. The molecule has 0 aliphatic carbocycles. The average molecular weight is 204 g/mol. The van der Waals surface area contributed by atoms with Crippen molar-refractivity contribution in [1.82, 2.24) is 10.6 Å². The lowest BCUT2D eigenvalue weighted by Gasteiger charge is -2.14. The van der Waals surface area contributed by atoms with E-state index in [-0.39, 0.29) is 0 Å². The van der Waals surface area contributed by atoms with Crippen molar-refractivity contribution in [3.05, 3.63) is 0 Å². The molecule has 0 aliphatic heterocycles. The van der Waals surface area contributed by atoms with Gasteiger partial charge in [-0.2, -0.15) is 0 Å². The summed E-state index contributed by atoms with van der Waals surface area (Å²) in [5, 5.41) is 15.2. The minimum Gasteiger partial charge on any atom is -0.396 e. The summed E-state index contributed by atoms with van der Waals surface area (Å²) in [5.74, 6) is 0. The maximum absolute atomic E-state index is 8.58. The quantitative estimate of drug-likeness (QED) is 0.438. The van der Waals surface area contributed by atoms with Crippen molar-refractivity contribution in [3.8, 4) is 0 Å². The molecule has 0 fully saturated rings. The SMILES string of the molecule is COCCNCC(C)NCCCCO. The summed E-state index contributed by atoms with van der Waals surface area (Å²) in [7, 11) is 1.71. The fraction of sp³-hybridized carbons (Fsp3) is 1.00. The van der Waals surface area contributed by atoms with E-state index < -0.39 is 0 Å². The van der Waals surface area contributed by atoms with Crippen LogP contribution in [-0.4, -0.2) is 51.1 Å². The van der Waals surface area contributed by atoms with Crippen molar-refractivity contribution >= 4 is 0 Å². The van der Waals surface area contributed by atoms with Crippen LogP contribution in [-0.2, 0) is 4.74 Å². The molecule has 3 N–H and O–H groups in total. The van der Waals surface area contributed by atoms with Crippen LogP contribution in [0.25, 0.3) is 0 Å². The Hall–Kier alpha value is -0.160. The predicted molar refractivity (Wildman–Crippen MR) is 58.5 cm³/mol. The minimum atomic E-state index is 0.294. The van der Waals surface area contributed by atoms with Crippen molar-refractivity contribution in [3.63, 3.8) is 0 Å². The number of aliphatic hydroxyl groups is 1. The summed E-state index contributed by atoms with van der Waals surface area (Å²) in [4.78, 5) is 0. The van der Waals surface area contributed by atoms with Crippen molar-refractivity contribution < 1.29 is 9.84 Å². The Bertz CT molecular complexity index is 100. The molecular weight excluding hydrogens is 180 g/mol. The van der Waals surface area contributed by atoms with E-state index in [2.05, 4.69) is 17.6 Å². The van der Waals surface area contributed by atoms with E-state index in [1.54, 1.807) is 7.11 Å². The van der Waals surface area contributed by atoms with E-state index in [1.807, 2.05) is 0 Å².